The second-order valence-corrected chi connectivity index (χ2v) is 24.3. The lowest BCUT2D eigenvalue weighted by Crippen LogP contribution is -2.45. The van der Waals surface area contributed by atoms with Crippen LogP contribution < -0.4 is 5.32 Å². The maximum atomic E-state index is 12.6. The van der Waals surface area contributed by atoms with E-state index in [2.05, 4.69) is 153 Å². The van der Waals surface area contributed by atoms with Crippen molar-refractivity contribution in [3.05, 3.63) is 146 Å². The zero-order valence-electron chi connectivity index (χ0n) is 56.1. The fourth-order valence-corrected chi connectivity index (χ4v) is 10.6. The van der Waals surface area contributed by atoms with E-state index in [-0.39, 0.29) is 12.5 Å². The van der Waals surface area contributed by atoms with Gasteiger partial charge in [0.15, 0.2) is 0 Å². The summed E-state index contributed by atoms with van der Waals surface area (Å²) in [5.74, 6) is -0.0770. The second kappa shape index (κ2) is 74.5. The first-order valence-electron chi connectivity index (χ1n) is 36.5. The van der Waals surface area contributed by atoms with Crippen LogP contribution in [0.1, 0.15) is 341 Å². The number of carbonyl (C=O) groups excluding carboxylic acids is 1. The van der Waals surface area contributed by atoms with Crippen molar-refractivity contribution >= 4 is 5.91 Å². The summed E-state index contributed by atoms with van der Waals surface area (Å²) in [5, 5.41) is 23.3. The molecular formula is C81H139NO3. The first kappa shape index (κ1) is 81.3. The molecule has 0 rings (SSSR count). The molecule has 3 N–H and O–H groups in total. The number of hydrogen-bond acceptors (Lipinski definition) is 3. The molecule has 0 saturated carbocycles. The van der Waals surface area contributed by atoms with Crippen molar-refractivity contribution in [3.63, 3.8) is 0 Å². The van der Waals surface area contributed by atoms with Gasteiger partial charge in [-0.25, -0.2) is 0 Å². The molecule has 4 heteroatoms. The predicted octanol–water partition coefficient (Wildman–Crippen LogP) is 25.4. The van der Waals surface area contributed by atoms with Gasteiger partial charge in [-0.3, -0.25) is 4.79 Å². The van der Waals surface area contributed by atoms with Gasteiger partial charge in [-0.05, 0) is 103 Å². The average Bonchev–Trinajstić information content (AvgIpc) is 3.51. The van der Waals surface area contributed by atoms with E-state index in [1.54, 1.807) is 6.08 Å². The number of unbranched alkanes of at least 4 members (excludes halogenated alkanes) is 37. The standard InChI is InChI=1S/C81H139NO3/c1-3-5-7-9-11-13-15-17-19-21-23-25-27-29-31-33-35-37-38-39-40-41-42-43-44-45-47-49-51-53-55-57-59-61-63-65-67-69-71-73-75-77-81(85)82-79(78-83)80(84)76-74-72-70-68-66-64-62-60-58-56-54-52-50-48-46-36-34-32-30-28-26-24-22-20-18-16-14-12-10-8-6-4-2/h5,7,11,13,17,19,23,25,29,31,35,37,39-40,42-43,45,47,51,53,57,59,74,76,79-80,83-84H,3-4,6,8-10,12,14-16,18,20-22,24,26-28,30,32-34,36,38,41,44,46,48-50,52,54-56,58,60-73,75,77-78H2,1-2H3,(H,82,85)/b7-5-,13-11-,19-17-,25-23-,31-29-,37-35-,40-39-,43-42-,47-45-,53-51-,59-57-,76-74+. The normalized spacial score (nSPS) is 13.6. The molecule has 0 saturated heterocycles. The highest BCUT2D eigenvalue weighted by molar-refractivity contribution is 5.76. The number of aliphatic hydroxyl groups excluding tert-OH is 2. The zero-order chi connectivity index (χ0) is 61.2. The van der Waals surface area contributed by atoms with E-state index in [9.17, 15) is 15.0 Å². The van der Waals surface area contributed by atoms with Gasteiger partial charge < -0.3 is 15.5 Å². The van der Waals surface area contributed by atoms with Gasteiger partial charge in [0.2, 0.25) is 5.91 Å². The minimum absolute atomic E-state index is 0.0770. The van der Waals surface area contributed by atoms with Crippen LogP contribution in [0.4, 0.5) is 0 Å². The minimum atomic E-state index is -0.856. The van der Waals surface area contributed by atoms with E-state index in [0.717, 1.165) is 109 Å². The second-order valence-electron chi connectivity index (χ2n) is 24.3. The molecular weight excluding hydrogens is 1030 g/mol. The molecule has 0 heterocycles. The molecule has 0 aliphatic heterocycles. The number of carbonyl (C=O) groups is 1. The van der Waals surface area contributed by atoms with Crippen molar-refractivity contribution in [2.75, 3.05) is 6.61 Å². The Kier molecular flexibility index (Phi) is 71.3. The van der Waals surface area contributed by atoms with Crippen LogP contribution in [-0.2, 0) is 4.79 Å². The molecule has 0 fully saturated rings. The Labute approximate surface area is 529 Å². The summed E-state index contributed by atoms with van der Waals surface area (Å²) in [4.78, 5) is 12.6. The predicted molar refractivity (Wildman–Crippen MR) is 382 cm³/mol. The van der Waals surface area contributed by atoms with Crippen molar-refractivity contribution in [2.24, 2.45) is 0 Å². The van der Waals surface area contributed by atoms with Gasteiger partial charge in [-0.1, -0.05) is 378 Å². The molecule has 0 aromatic carbocycles. The fourth-order valence-electron chi connectivity index (χ4n) is 10.6. The van der Waals surface area contributed by atoms with Crippen LogP contribution in [0.25, 0.3) is 0 Å². The van der Waals surface area contributed by atoms with Gasteiger partial charge in [-0.15, -0.1) is 0 Å². The largest absolute Gasteiger partial charge is 0.394 e. The Bertz CT molecular complexity index is 1720. The highest BCUT2D eigenvalue weighted by Gasteiger charge is 2.18. The van der Waals surface area contributed by atoms with Crippen molar-refractivity contribution in [1.82, 2.24) is 5.32 Å². The summed E-state index contributed by atoms with van der Waals surface area (Å²) in [6.45, 7) is 4.21. The molecule has 0 aliphatic rings. The Balaban J connectivity index is 3.58. The Morgan fingerprint density at radius 2 is 0.518 bits per heavy atom. The Hall–Kier alpha value is -3.73. The molecule has 4 nitrogen and oxygen atoms in total. The number of aliphatic hydroxyl groups is 2. The quantitative estimate of drug-likeness (QED) is 0.0420. The summed E-state index contributed by atoms with van der Waals surface area (Å²) >= 11 is 0. The van der Waals surface area contributed by atoms with E-state index >= 15 is 0 Å². The van der Waals surface area contributed by atoms with Crippen LogP contribution in [0, 0.1) is 0 Å². The number of nitrogens with one attached hydrogen (secondary N) is 1. The summed E-state index contributed by atoms with van der Waals surface area (Å²) < 4.78 is 0. The third-order valence-corrected chi connectivity index (χ3v) is 16.1. The number of rotatable bonds is 66. The third kappa shape index (κ3) is 70.9. The summed E-state index contributed by atoms with van der Waals surface area (Å²) in [5.41, 5.74) is 0. The van der Waals surface area contributed by atoms with Crippen molar-refractivity contribution in [1.29, 1.82) is 0 Å². The summed E-state index contributed by atoms with van der Waals surface area (Å²) in [6.07, 6.45) is 116. The van der Waals surface area contributed by atoms with Crippen LogP contribution in [0.2, 0.25) is 0 Å². The van der Waals surface area contributed by atoms with E-state index in [4.69, 9.17) is 0 Å². The minimum Gasteiger partial charge on any atom is -0.394 e. The SMILES string of the molecule is CC/C=C\C/C=C\C/C=C\C/C=C\C/C=C\C/C=C\C/C=C\C/C=C\C/C=C\C/C=C\C/C=C\CCCCCCCCCC(=O)NC(CO)C(O)/C=C/CCCCCCCCCCCCCCCCCCCCCCCCCCCCCCCC. The van der Waals surface area contributed by atoms with Crippen LogP contribution in [0.15, 0.2) is 146 Å². The van der Waals surface area contributed by atoms with E-state index in [0.29, 0.717) is 6.42 Å². The Morgan fingerprint density at radius 3 is 0.776 bits per heavy atom. The topological polar surface area (TPSA) is 69.6 Å². The van der Waals surface area contributed by atoms with Gasteiger partial charge in [-0.2, -0.15) is 0 Å². The fraction of sp³-hybridized carbons (Fsp3) is 0.691. The molecule has 85 heavy (non-hydrogen) atoms. The molecule has 2 unspecified atom stereocenters. The monoisotopic (exact) mass is 1170 g/mol. The van der Waals surface area contributed by atoms with E-state index < -0.39 is 12.1 Å². The smallest absolute Gasteiger partial charge is 0.220 e. The molecule has 486 valence electrons. The van der Waals surface area contributed by atoms with Crippen LogP contribution in [0.5, 0.6) is 0 Å². The lowest BCUT2D eigenvalue weighted by Gasteiger charge is -2.20. The van der Waals surface area contributed by atoms with Crippen LogP contribution in [0.3, 0.4) is 0 Å². The first-order chi connectivity index (χ1) is 42.2. The van der Waals surface area contributed by atoms with Gasteiger partial charge in [0.25, 0.3) is 0 Å². The number of hydrogen-bond donors (Lipinski definition) is 3. The van der Waals surface area contributed by atoms with Crippen molar-refractivity contribution < 1.29 is 15.0 Å². The number of amides is 1. The van der Waals surface area contributed by atoms with Gasteiger partial charge in [0.1, 0.15) is 0 Å². The molecule has 0 bridgehead atoms. The van der Waals surface area contributed by atoms with Gasteiger partial charge in [0, 0.05) is 6.42 Å². The van der Waals surface area contributed by atoms with Crippen molar-refractivity contribution in [3.8, 4) is 0 Å². The lowest BCUT2D eigenvalue weighted by atomic mass is 10.0. The lowest BCUT2D eigenvalue weighted by molar-refractivity contribution is -0.123. The maximum Gasteiger partial charge on any atom is 0.220 e. The summed E-state index contributed by atoms with van der Waals surface area (Å²) in [6, 6.07) is -0.641. The van der Waals surface area contributed by atoms with Gasteiger partial charge >= 0.3 is 0 Å². The molecule has 0 aromatic rings. The van der Waals surface area contributed by atoms with E-state index in [1.807, 2.05) is 6.08 Å². The van der Waals surface area contributed by atoms with E-state index in [1.165, 1.54) is 212 Å². The van der Waals surface area contributed by atoms with Crippen molar-refractivity contribution in [2.45, 2.75) is 353 Å². The van der Waals surface area contributed by atoms with Gasteiger partial charge in [0.05, 0.1) is 18.8 Å². The zero-order valence-corrected chi connectivity index (χ0v) is 56.1. The number of allylic oxidation sites excluding steroid dienone is 23. The van der Waals surface area contributed by atoms with Crippen LogP contribution in [-0.4, -0.2) is 34.9 Å². The maximum absolute atomic E-state index is 12.6. The average molecular weight is 1180 g/mol. The summed E-state index contributed by atoms with van der Waals surface area (Å²) in [7, 11) is 0. The Morgan fingerprint density at radius 1 is 0.294 bits per heavy atom. The highest BCUT2D eigenvalue weighted by atomic mass is 16.3. The molecule has 0 aliphatic carbocycles. The third-order valence-electron chi connectivity index (χ3n) is 16.1. The molecule has 1 amide bonds. The van der Waals surface area contributed by atoms with Crippen LogP contribution >= 0.6 is 0 Å². The molecule has 0 radical (unpaired) electrons. The highest BCUT2D eigenvalue weighted by Crippen LogP contribution is 2.18. The molecule has 0 aromatic heterocycles. The molecule has 2 atom stereocenters. The molecule has 0 spiro atoms. The first-order valence-corrected chi connectivity index (χ1v) is 36.5.